The van der Waals surface area contributed by atoms with Crippen LogP contribution in [-0.4, -0.2) is 63.3 Å². The average molecular weight is 381 g/mol. The Morgan fingerprint density at radius 1 is 1.26 bits per heavy atom. The average Bonchev–Trinajstić information content (AvgIpc) is 3.08. The molecular formula is C17H27N5O5. The van der Waals surface area contributed by atoms with Gasteiger partial charge in [0.1, 0.15) is 5.54 Å². The number of ketones is 1. The van der Waals surface area contributed by atoms with Crippen molar-refractivity contribution in [2.75, 3.05) is 7.05 Å². The third-order valence-electron chi connectivity index (χ3n) is 4.09. The predicted octanol–water partition coefficient (Wildman–Crippen LogP) is -0.626. The summed E-state index contributed by atoms with van der Waals surface area (Å²) in [6.07, 6.45) is 3.21. The van der Waals surface area contributed by atoms with E-state index >= 15 is 0 Å². The number of carbonyl (C=O) groups is 4. The number of aromatic nitrogens is 2. The minimum Gasteiger partial charge on any atom is -0.481 e. The molecule has 2 amide bonds. The van der Waals surface area contributed by atoms with E-state index in [1.54, 1.807) is 13.2 Å². The molecule has 2 unspecified atom stereocenters. The molecule has 27 heavy (non-hydrogen) atoms. The number of carbonyl (C=O) groups excluding carboxylic acids is 3. The maximum atomic E-state index is 12.5. The number of carboxylic acid groups (broad SMARTS) is 1. The molecule has 0 bridgehead atoms. The Hall–Kier alpha value is -2.75. The summed E-state index contributed by atoms with van der Waals surface area (Å²) < 4.78 is 0. The summed E-state index contributed by atoms with van der Waals surface area (Å²) in [5.74, 6) is -2.37. The molecule has 0 aliphatic carbocycles. The first-order valence-electron chi connectivity index (χ1n) is 8.56. The fraction of sp³-hybridized carbons (Fsp3) is 0.588. The van der Waals surface area contributed by atoms with E-state index in [1.807, 2.05) is 0 Å². The summed E-state index contributed by atoms with van der Waals surface area (Å²) >= 11 is 0. The Morgan fingerprint density at radius 2 is 1.93 bits per heavy atom. The van der Waals surface area contributed by atoms with Gasteiger partial charge in [-0.2, -0.15) is 0 Å². The number of amides is 2. The standard InChI is InChI=1S/C17H27N5O5/c1-10(23)12(5-6-14(24)25)21-16(27)17(2,3)22-15(26)13(18-4)7-11-8-19-9-20-11/h8-9,12-13,18H,5-7H2,1-4H3,(H,19,20)(H,21,27)(H,22,26)(H,24,25). The van der Waals surface area contributed by atoms with Crippen LogP contribution in [-0.2, 0) is 25.6 Å². The van der Waals surface area contributed by atoms with Crippen LogP contribution in [0.2, 0.25) is 0 Å². The highest BCUT2D eigenvalue weighted by molar-refractivity contribution is 5.95. The van der Waals surface area contributed by atoms with Crippen molar-refractivity contribution in [2.45, 2.75) is 57.7 Å². The molecule has 0 spiro atoms. The zero-order valence-electron chi connectivity index (χ0n) is 16.0. The first-order chi connectivity index (χ1) is 12.6. The third kappa shape index (κ3) is 7.18. The van der Waals surface area contributed by atoms with Gasteiger partial charge in [-0.3, -0.25) is 19.2 Å². The van der Waals surface area contributed by atoms with Gasteiger partial charge >= 0.3 is 5.97 Å². The van der Waals surface area contributed by atoms with Crippen LogP contribution in [0.5, 0.6) is 0 Å². The van der Waals surface area contributed by atoms with Gasteiger partial charge in [-0.05, 0) is 34.2 Å². The molecule has 5 N–H and O–H groups in total. The maximum Gasteiger partial charge on any atom is 0.303 e. The normalized spacial score (nSPS) is 13.5. The first-order valence-corrected chi connectivity index (χ1v) is 8.56. The summed E-state index contributed by atoms with van der Waals surface area (Å²) in [4.78, 5) is 54.2. The Morgan fingerprint density at radius 3 is 2.41 bits per heavy atom. The second kappa shape index (κ2) is 9.81. The molecule has 1 aromatic rings. The monoisotopic (exact) mass is 381 g/mol. The third-order valence-corrected chi connectivity index (χ3v) is 4.09. The minimum absolute atomic E-state index is 0.0145. The van der Waals surface area contributed by atoms with Crippen molar-refractivity contribution in [1.29, 1.82) is 0 Å². The van der Waals surface area contributed by atoms with Crippen LogP contribution in [0.15, 0.2) is 12.5 Å². The lowest BCUT2D eigenvalue weighted by Gasteiger charge is -2.29. The number of imidazole rings is 1. The quantitative estimate of drug-likeness (QED) is 0.342. The van der Waals surface area contributed by atoms with Crippen molar-refractivity contribution in [2.24, 2.45) is 0 Å². The maximum absolute atomic E-state index is 12.5. The topological polar surface area (TPSA) is 153 Å². The van der Waals surface area contributed by atoms with E-state index < -0.39 is 35.4 Å². The van der Waals surface area contributed by atoms with Gasteiger partial charge in [0.15, 0.2) is 5.78 Å². The van der Waals surface area contributed by atoms with Gasteiger partial charge in [0.25, 0.3) is 0 Å². The lowest BCUT2D eigenvalue weighted by atomic mass is 10.00. The Labute approximate surface area is 157 Å². The van der Waals surface area contributed by atoms with Crippen molar-refractivity contribution in [1.82, 2.24) is 25.9 Å². The van der Waals surface area contributed by atoms with Gasteiger partial charge in [-0.1, -0.05) is 0 Å². The molecule has 10 heteroatoms. The molecule has 1 aromatic heterocycles. The van der Waals surface area contributed by atoms with Gasteiger partial charge in [0, 0.05) is 24.7 Å². The summed E-state index contributed by atoms with van der Waals surface area (Å²) in [7, 11) is 1.63. The molecule has 0 radical (unpaired) electrons. The smallest absolute Gasteiger partial charge is 0.303 e. The van der Waals surface area contributed by atoms with E-state index in [4.69, 9.17) is 5.11 Å². The van der Waals surface area contributed by atoms with Gasteiger partial charge < -0.3 is 26.0 Å². The van der Waals surface area contributed by atoms with Crippen LogP contribution in [0.4, 0.5) is 0 Å². The molecule has 0 aliphatic heterocycles. The van der Waals surface area contributed by atoms with Crippen molar-refractivity contribution < 1.29 is 24.3 Å². The highest BCUT2D eigenvalue weighted by Gasteiger charge is 2.34. The van der Waals surface area contributed by atoms with E-state index in [9.17, 15) is 19.2 Å². The minimum atomic E-state index is -1.29. The van der Waals surface area contributed by atoms with Crippen LogP contribution in [0.1, 0.15) is 39.3 Å². The number of likely N-dealkylation sites (N-methyl/N-ethyl adjacent to an activating group) is 1. The molecule has 0 aliphatic rings. The van der Waals surface area contributed by atoms with Gasteiger partial charge in [-0.25, -0.2) is 4.98 Å². The molecule has 0 saturated heterocycles. The molecule has 2 atom stereocenters. The number of hydrogen-bond acceptors (Lipinski definition) is 6. The van der Waals surface area contributed by atoms with Crippen molar-refractivity contribution in [3.05, 3.63) is 18.2 Å². The largest absolute Gasteiger partial charge is 0.481 e. The number of Topliss-reactive ketones (excluding diaryl/α,β-unsaturated/α-hetero) is 1. The van der Waals surface area contributed by atoms with Crippen molar-refractivity contribution >= 4 is 23.6 Å². The number of carboxylic acids is 1. The summed E-state index contributed by atoms with van der Waals surface area (Å²) in [6, 6.07) is -1.51. The van der Waals surface area contributed by atoms with E-state index in [2.05, 4.69) is 25.9 Å². The number of aromatic amines is 1. The molecule has 150 valence electrons. The second-order valence-corrected chi connectivity index (χ2v) is 6.81. The van der Waals surface area contributed by atoms with E-state index in [1.165, 1.54) is 27.1 Å². The van der Waals surface area contributed by atoms with E-state index in [-0.39, 0.29) is 18.6 Å². The molecule has 0 aromatic carbocycles. The molecular weight excluding hydrogens is 354 g/mol. The molecule has 0 fully saturated rings. The van der Waals surface area contributed by atoms with Crippen molar-refractivity contribution in [3.63, 3.8) is 0 Å². The van der Waals surface area contributed by atoms with Crippen LogP contribution in [0.3, 0.4) is 0 Å². The number of hydrogen-bond donors (Lipinski definition) is 5. The summed E-state index contributed by atoms with van der Waals surface area (Å²) in [6.45, 7) is 4.30. The fourth-order valence-electron chi connectivity index (χ4n) is 2.38. The zero-order chi connectivity index (χ0) is 20.6. The fourth-order valence-corrected chi connectivity index (χ4v) is 2.38. The molecule has 1 rings (SSSR count). The number of nitrogens with one attached hydrogen (secondary N) is 4. The van der Waals surface area contributed by atoms with Crippen LogP contribution < -0.4 is 16.0 Å². The lowest BCUT2D eigenvalue weighted by molar-refractivity contribution is -0.138. The second-order valence-electron chi connectivity index (χ2n) is 6.81. The Kier molecular flexibility index (Phi) is 8.10. The molecule has 10 nitrogen and oxygen atoms in total. The Bertz CT molecular complexity index is 671. The summed E-state index contributed by atoms with van der Waals surface area (Å²) in [5.41, 5.74) is -0.533. The molecule has 0 saturated carbocycles. The summed E-state index contributed by atoms with van der Waals surface area (Å²) in [5, 5.41) is 16.8. The van der Waals surface area contributed by atoms with E-state index in [0.29, 0.717) is 6.42 Å². The highest BCUT2D eigenvalue weighted by Crippen LogP contribution is 2.08. The van der Waals surface area contributed by atoms with Crippen LogP contribution >= 0.6 is 0 Å². The van der Waals surface area contributed by atoms with E-state index in [0.717, 1.165) is 5.69 Å². The SMILES string of the molecule is CNC(Cc1cnc[nH]1)C(=O)NC(C)(C)C(=O)NC(CCC(=O)O)C(C)=O. The highest BCUT2D eigenvalue weighted by atomic mass is 16.4. The molecule has 1 heterocycles. The lowest BCUT2D eigenvalue weighted by Crippen LogP contribution is -2.60. The number of rotatable bonds is 11. The predicted molar refractivity (Wildman–Crippen MR) is 96.8 cm³/mol. The first kappa shape index (κ1) is 22.3. The van der Waals surface area contributed by atoms with Crippen LogP contribution in [0, 0.1) is 0 Å². The van der Waals surface area contributed by atoms with Gasteiger partial charge in [0.2, 0.25) is 11.8 Å². The number of H-pyrrole nitrogens is 1. The number of aliphatic carboxylic acids is 1. The Balaban J connectivity index is 2.72. The zero-order valence-corrected chi connectivity index (χ0v) is 16.0. The van der Waals surface area contributed by atoms with Gasteiger partial charge in [0.05, 0.1) is 18.4 Å². The van der Waals surface area contributed by atoms with Crippen LogP contribution in [0.25, 0.3) is 0 Å². The van der Waals surface area contributed by atoms with Crippen molar-refractivity contribution in [3.8, 4) is 0 Å². The number of nitrogens with zero attached hydrogens (tertiary/aromatic N) is 1. The van der Waals surface area contributed by atoms with Gasteiger partial charge in [-0.15, -0.1) is 0 Å².